The molecule has 0 unspecified atom stereocenters. The molecule has 0 bridgehead atoms. The SMILES string of the molecule is CCCCCCCCO[Si](C)(C)[c-]1cccc1.CCCCCCCCO[Si](C)(C)[c-]1cccc1.[Fe+2]. The van der Waals surface area contributed by atoms with Crippen LogP contribution in [0.3, 0.4) is 0 Å². The van der Waals surface area contributed by atoms with E-state index in [9.17, 15) is 0 Å². The van der Waals surface area contributed by atoms with Crippen molar-refractivity contribution in [2.45, 2.75) is 117 Å². The summed E-state index contributed by atoms with van der Waals surface area (Å²) in [5.74, 6) is 0. The maximum absolute atomic E-state index is 6.12. The van der Waals surface area contributed by atoms with Gasteiger partial charge in [0.15, 0.2) is 16.6 Å². The van der Waals surface area contributed by atoms with Gasteiger partial charge >= 0.3 is 17.1 Å². The van der Waals surface area contributed by atoms with Gasteiger partial charge in [0.1, 0.15) is 0 Å². The minimum atomic E-state index is -1.60. The van der Waals surface area contributed by atoms with Crippen molar-refractivity contribution < 1.29 is 25.9 Å². The van der Waals surface area contributed by atoms with Gasteiger partial charge in [0.25, 0.3) is 0 Å². The summed E-state index contributed by atoms with van der Waals surface area (Å²) in [6.07, 6.45) is 16.0. The molecule has 0 aliphatic rings. The van der Waals surface area contributed by atoms with Crippen LogP contribution in [0.2, 0.25) is 26.2 Å². The minimum absolute atomic E-state index is 0. The Balaban J connectivity index is 0.000000642. The van der Waals surface area contributed by atoms with Crippen LogP contribution < -0.4 is 10.4 Å². The second-order valence-corrected chi connectivity index (χ2v) is 18.4. The molecule has 0 spiro atoms. The van der Waals surface area contributed by atoms with Gasteiger partial charge in [-0.1, -0.05) is 104 Å². The summed E-state index contributed by atoms with van der Waals surface area (Å²) in [4.78, 5) is 0. The van der Waals surface area contributed by atoms with Gasteiger partial charge in [-0.15, -0.1) is 10.4 Å². The number of rotatable bonds is 18. The molecule has 0 aliphatic carbocycles. The molecule has 2 aromatic carbocycles. The number of hydrogen-bond donors (Lipinski definition) is 0. The third kappa shape index (κ3) is 16.1. The second-order valence-electron chi connectivity index (χ2n) is 10.6. The molecule has 0 saturated carbocycles. The Hall–Kier alpha value is -0.427. The molecule has 2 nitrogen and oxygen atoms in total. The summed E-state index contributed by atoms with van der Waals surface area (Å²) in [6, 6.07) is 17.2. The van der Waals surface area contributed by atoms with Crippen molar-refractivity contribution in [3.63, 3.8) is 0 Å². The largest absolute Gasteiger partial charge is 2.00 e. The normalized spacial score (nSPS) is 11.6. The Morgan fingerprint density at radius 2 is 0.771 bits per heavy atom. The first kappa shape index (κ1) is 34.6. The topological polar surface area (TPSA) is 18.5 Å². The molecular formula is C30H54FeO2Si2. The molecule has 0 fully saturated rings. The van der Waals surface area contributed by atoms with Gasteiger partial charge in [0, 0.05) is 13.2 Å². The summed E-state index contributed by atoms with van der Waals surface area (Å²) in [7, 11) is -3.21. The van der Waals surface area contributed by atoms with E-state index in [4.69, 9.17) is 8.85 Å². The van der Waals surface area contributed by atoms with Crippen molar-refractivity contribution in [3.05, 3.63) is 48.5 Å². The van der Waals surface area contributed by atoms with E-state index in [1.54, 1.807) is 0 Å². The Kier molecular flexibility index (Phi) is 20.4. The quantitative estimate of drug-likeness (QED) is 0.104. The zero-order chi connectivity index (χ0) is 25.1. The van der Waals surface area contributed by atoms with Gasteiger partial charge in [0.2, 0.25) is 0 Å². The average molecular weight is 559 g/mol. The zero-order valence-corrected chi connectivity index (χ0v) is 26.8. The molecule has 0 aromatic heterocycles. The molecule has 0 atom stereocenters. The molecule has 0 heterocycles. The molecule has 202 valence electrons. The smallest absolute Gasteiger partial charge is 0.425 e. The van der Waals surface area contributed by atoms with Crippen molar-refractivity contribution >= 4 is 27.0 Å². The summed E-state index contributed by atoms with van der Waals surface area (Å²) < 4.78 is 12.2. The van der Waals surface area contributed by atoms with Gasteiger partial charge < -0.3 is 8.85 Å². The van der Waals surface area contributed by atoms with Crippen LogP contribution in [0, 0.1) is 0 Å². The Morgan fingerprint density at radius 3 is 1.09 bits per heavy atom. The van der Waals surface area contributed by atoms with Crippen molar-refractivity contribution in [1.82, 2.24) is 0 Å². The fourth-order valence-electron chi connectivity index (χ4n) is 4.14. The molecule has 0 amide bonds. The molecule has 0 radical (unpaired) electrons. The van der Waals surface area contributed by atoms with Gasteiger partial charge in [0.05, 0.1) is 0 Å². The first-order valence-electron chi connectivity index (χ1n) is 14.1. The van der Waals surface area contributed by atoms with E-state index in [0.29, 0.717) is 0 Å². The first-order chi connectivity index (χ1) is 16.3. The minimum Gasteiger partial charge on any atom is -0.425 e. The van der Waals surface area contributed by atoms with E-state index in [2.05, 4.69) is 88.6 Å². The summed E-state index contributed by atoms with van der Waals surface area (Å²) in [5.41, 5.74) is 0. The maximum Gasteiger partial charge on any atom is 2.00 e. The standard InChI is InChI=1S/2C15H27OSi.Fe/c2*1-4-5-6-7-8-11-14-16-17(2,3)15-12-9-10-13-15;/h2*9-10,12-13H,4-8,11,14H2,1-3H3;/q2*-1;+2. The summed E-state index contributed by atoms with van der Waals surface area (Å²) in [5, 5.41) is 2.84. The van der Waals surface area contributed by atoms with Crippen molar-refractivity contribution in [3.8, 4) is 0 Å². The third-order valence-electron chi connectivity index (χ3n) is 6.64. The van der Waals surface area contributed by atoms with Crippen LogP contribution in [-0.4, -0.2) is 29.8 Å². The van der Waals surface area contributed by atoms with Crippen molar-refractivity contribution in [1.29, 1.82) is 0 Å². The first-order valence-corrected chi connectivity index (χ1v) is 19.9. The Labute approximate surface area is 231 Å². The van der Waals surface area contributed by atoms with Crippen LogP contribution in [0.1, 0.15) is 90.9 Å². The summed E-state index contributed by atoms with van der Waals surface area (Å²) in [6.45, 7) is 15.6. The molecule has 0 saturated heterocycles. The molecule has 0 aliphatic heterocycles. The number of hydrogen-bond acceptors (Lipinski definition) is 2. The maximum atomic E-state index is 6.12. The van der Waals surface area contributed by atoms with Crippen LogP contribution in [-0.2, 0) is 25.9 Å². The molecular weight excluding hydrogens is 504 g/mol. The van der Waals surface area contributed by atoms with E-state index in [1.165, 1.54) is 87.4 Å². The van der Waals surface area contributed by atoms with Crippen LogP contribution >= 0.6 is 0 Å². The van der Waals surface area contributed by atoms with E-state index < -0.39 is 16.6 Å². The third-order valence-corrected chi connectivity index (χ3v) is 11.9. The van der Waals surface area contributed by atoms with Crippen LogP contribution in [0.5, 0.6) is 0 Å². The van der Waals surface area contributed by atoms with Crippen LogP contribution in [0.25, 0.3) is 0 Å². The molecule has 5 heteroatoms. The molecule has 0 N–H and O–H groups in total. The fourth-order valence-corrected chi connectivity index (χ4v) is 7.77. The van der Waals surface area contributed by atoms with E-state index in [0.717, 1.165) is 13.2 Å². The summed E-state index contributed by atoms with van der Waals surface area (Å²) >= 11 is 0. The van der Waals surface area contributed by atoms with Crippen molar-refractivity contribution in [2.75, 3.05) is 13.2 Å². The van der Waals surface area contributed by atoms with Gasteiger partial charge in [-0.3, -0.25) is 0 Å². The monoisotopic (exact) mass is 558 g/mol. The second kappa shape index (κ2) is 20.6. The average Bonchev–Trinajstić information content (AvgIpc) is 3.53. The van der Waals surface area contributed by atoms with E-state index in [-0.39, 0.29) is 17.1 Å². The predicted molar refractivity (Wildman–Crippen MR) is 157 cm³/mol. The molecule has 2 rings (SSSR count). The van der Waals surface area contributed by atoms with Gasteiger partial charge in [-0.25, -0.2) is 24.3 Å². The van der Waals surface area contributed by atoms with Gasteiger partial charge in [-0.05, 0) is 12.8 Å². The van der Waals surface area contributed by atoms with Crippen LogP contribution in [0.4, 0.5) is 0 Å². The number of unbranched alkanes of at least 4 members (excludes halogenated alkanes) is 10. The fraction of sp³-hybridized carbons (Fsp3) is 0.667. The van der Waals surface area contributed by atoms with E-state index >= 15 is 0 Å². The van der Waals surface area contributed by atoms with Gasteiger partial charge in [-0.2, -0.15) is 24.3 Å². The van der Waals surface area contributed by atoms with Crippen molar-refractivity contribution in [2.24, 2.45) is 0 Å². The zero-order valence-electron chi connectivity index (χ0n) is 23.7. The predicted octanol–water partition coefficient (Wildman–Crippen LogP) is 8.39. The van der Waals surface area contributed by atoms with Crippen LogP contribution in [0.15, 0.2) is 48.5 Å². The van der Waals surface area contributed by atoms with E-state index in [1.807, 2.05) is 0 Å². The molecule has 2 aromatic rings. The molecule has 35 heavy (non-hydrogen) atoms. The Morgan fingerprint density at radius 1 is 0.486 bits per heavy atom. The Bertz CT molecular complexity index is 621.